The number of rotatable bonds is 50. The first-order valence-electron chi connectivity index (χ1n) is 32.7. The van der Waals surface area contributed by atoms with Gasteiger partial charge in [0, 0.05) is 17.0 Å². The number of carbonyl (C=O) groups excluding carboxylic acids is 4. The number of amides is 1. The summed E-state index contributed by atoms with van der Waals surface area (Å²) in [6.07, 6.45) is 27.8. The molecule has 464 valence electrons. The molecule has 83 heavy (non-hydrogen) atoms. The first kappa shape index (κ1) is 71.2. The average Bonchev–Trinajstić information content (AvgIpc) is 3.57. The zero-order chi connectivity index (χ0) is 59.6. The van der Waals surface area contributed by atoms with Gasteiger partial charge in [-0.25, -0.2) is 4.79 Å². The molecule has 1 aliphatic heterocycles. The van der Waals surface area contributed by atoms with Crippen LogP contribution in [0.3, 0.4) is 0 Å². The number of ketones is 2. The number of aliphatic hydroxyl groups is 1. The number of esters is 1. The molecule has 0 saturated carbocycles. The molecule has 3 aromatic carbocycles. The molecule has 1 aliphatic rings. The van der Waals surface area contributed by atoms with Crippen molar-refractivity contribution in [1.82, 2.24) is 5.32 Å². The Morgan fingerprint density at radius 2 is 1.05 bits per heavy atom. The Kier molecular flexibility index (Phi) is 37.9. The standard InChI is InChI=1S/C70H108NO11P/c1-5-9-12-15-18-21-22-25-28-31-43-52-62(73)61(51-42-30-27-24-20-17-14-11-7-3)66(75)69(76)81-68-65(71-64(74)54-58(79-56-57-44-35-32-36-45-57)46-37-29-26-23-19-16-13-10-6-2)70(78-53-8-4)80-63(55-72)67(68)82-83(77,59-47-38-33-39-48-59)60-49-40-34-41-50-60/h8,32-36,38-41,44-45,47-50,58,61,63,65,67-68,70,72H,4-7,9-31,37,42-43,46,51-56H2,1-3H3,(H,71,74)/t58-,61+,63+,65+,67+,68+,70-/m0/s1. The van der Waals surface area contributed by atoms with Gasteiger partial charge in [-0.15, -0.1) is 6.58 Å². The van der Waals surface area contributed by atoms with Gasteiger partial charge in [0.25, 0.3) is 7.37 Å². The van der Waals surface area contributed by atoms with Gasteiger partial charge in [0.2, 0.25) is 11.7 Å². The average molecular weight is 1170 g/mol. The van der Waals surface area contributed by atoms with Crippen molar-refractivity contribution in [2.75, 3.05) is 13.2 Å². The smallest absolute Gasteiger partial charge is 0.375 e. The number of carbonyl (C=O) groups is 4. The summed E-state index contributed by atoms with van der Waals surface area (Å²) in [5, 5.41) is 14.9. The fourth-order valence-corrected chi connectivity index (χ4v) is 13.5. The van der Waals surface area contributed by atoms with Gasteiger partial charge >= 0.3 is 5.97 Å². The van der Waals surface area contributed by atoms with Crippen molar-refractivity contribution in [3.63, 3.8) is 0 Å². The van der Waals surface area contributed by atoms with Crippen molar-refractivity contribution in [3.8, 4) is 0 Å². The predicted octanol–water partition coefficient (Wildman–Crippen LogP) is 15.9. The number of aliphatic hydroxyl groups excluding tert-OH is 1. The highest BCUT2D eigenvalue weighted by atomic mass is 31.2. The molecule has 0 spiro atoms. The molecule has 4 rings (SSSR count). The van der Waals surface area contributed by atoms with E-state index in [-0.39, 0.29) is 38.3 Å². The van der Waals surface area contributed by atoms with Gasteiger partial charge in [-0.3, -0.25) is 18.9 Å². The van der Waals surface area contributed by atoms with Gasteiger partial charge in [-0.05, 0) is 49.1 Å². The number of hydrogen-bond acceptors (Lipinski definition) is 11. The van der Waals surface area contributed by atoms with Crippen LogP contribution in [0, 0.1) is 5.92 Å². The molecule has 2 N–H and O–H groups in total. The number of hydrogen-bond donors (Lipinski definition) is 2. The van der Waals surface area contributed by atoms with Crippen LogP contribution in [0.4, 0.5) is 0 Å². The summed E-state index contributed by atoms with van der Waals surface area (Å²) in [5.74, 6) is -4.29. The van der Waals surface area contributed by atoms with Crippen LogP contribution in [0.5, 0.6) is 0 Å². The molecule has 1 saturated heterocycles. The maximum atomic E-state index is 15.8. The second kappa shape index (κ2) is 44.2. The third-order valence-corrected chi connectivity index (χ3v) is 18.6. The van der Waals surface area contributed by atoms with Crippen LogP contribution in [0.15, 0.2) is 104 Å². The lowest BCUT2D eigenvalue weighted by atomic mass is 9.89. The van der Waals surface area contributed by atoms with E-state index < -0.39 is 74.3 Å². The summed E-state index contributed by atoms with van der Waals surface area (Å²) in [6, 6.07) is 25.6. The summed E-state index contributed by atoms with van der Waals surface area (Å²) in [5.41, 5.74) is 0.963. The van der Waals surface area contributed by atoms with Gasteiger partial charge in [-0.2, -0.15) is 0 Å². The van der Waals surface area contributed by atoms with E-state index in [9.17, 15) is 24.3 Å². The lowest BCUT2D eigenvalue weighted by Crippen LogP contribution is -2.66. The van der Waals surface area contributed by atoms with E-state index in [2.05, 4.69) is 32.7 Å². The lowest BCUT2D eigenvalue weighted by Gasteiger charge is -2.46. The second-order valence-corrected chi connectivity index (χ2v) is 25.5. The van der Waals surface area contributed by atoms with Crippen LogP contribution >= 0.6 is 7.37 Å². The highest BCUT2D eigenvalue weighted by molar-refractivity contribution is 7.74. The summed E-state index contributed by atoms with van der Waals surface area (Å²) in [7, 11) is -4.15. The van der Waals surface area contributed by atoms with E-state index in [1.165, 1.54) is 102 Å². The topological polar surface area (TPSA) is 164 Å². The highest BCUT2D eigenvalue weighted by Crippen LogP contribution is 2.48. The summed E-state index contributed by atoms with van der Waals surface area (Å²) in [6.45, 7) is 9.99. The molecule has 1 amide bonds. The second-order valence-electron chi connectivity index (χ2n) is 23.1. The van der Waals surface area contributed by atoms with Crippen molar-refractivity contribution in [2.24, 2.45) is 5.92 Å². The third-order valence-electron chi connectivity index (χ3n) is 16.1. The molecule has 13 heteroatoms. The Labute approximate surface area is 501 Å². The molecule has 0 radical (unpaired) electrons. The van der Waals surface area contributed by atoms with Crippen LogP contribution in [0.1, 0.15) is 238 Å². The number of nitrogens with one attached hydrogen (secondary N) is 1. The maximum absolute atomic E-state index is 15.8. The Balaban J connectivity index is 1.67. The molecule has 7 atom stereocenters. The highest BCUT2D eigenvalue weighted by Gasteiger charge is 2.53. The van der Waals surface area contributed by atoms with Crippen LogP contribution < -0.4 is 15.9 Å². The van der Waals surface area contributed by atoms with Gasteiger partial charge in [0.05, 0.1) is 38.3 Å². The fraction of sp³-hybridized carbons (Fsp3) is 0.657. The van der Waals surface area contributed by atoms with E-state index in [0.29, 0.717) is 29.9 Å². The van der Waals surface area contributed by atoms with Crippen molar-refractivity contribution < 1.29 is 52.3 Å². The predicted molar refractivity (Wildman–Crippen MR) is 336 cm³/mol. The zero-order valence-electron chi connectivity index (χ0n) is 51.4. The summed E-state index contributed by atoms with van der Waals surface area (Å²) in [4.78, 5) is 58.8. The van der Waals surface area contributed by atoms with E-state index in [4.69, 9.17) is 23.5 Å². The van der Waals surface area contributed by atoms with Crippen molar-refractivity contribution in [1.29, 1.82) is 0 Å². The van der Waals surface area contributed by atoms with Crippen molar-refractivity contribution >= 4 is 41.4 Å². The van der Waals surface area contributed by atoms with E-state index in [1.54, 1.807) is 60.7 Å². The zero-order valence-corrected chi connectivity index (χ0v) is 52.3. The van der Waals surface area contributed by atoms with Crippen LogP contribution in [0.25, 0.3) is 0 Å². The van der Waals surface area contributed by atoms with Gasteiger partial charge in [0.1, 0.15) is 24.0 Å². The van der Waals surface area contributed by atoms with Crippen LogP contribution in [-0.2, 0) is 53.8 Å². The molecule has 0 unspecified atom stereocenters. The van der Waals surface area contributed by atoms with E-state index >= 15 is 4.57 Å². The molecule has 1 fully saturated rings. The quantitative estimate of drug-likeness (QED) is 0.0138. The SMILES string of the molecule is C=CCO[C@H]1O[C@H](CO)[C@@H](OP(=O)(c2ccccc2)c2ccccc2)[C@H](OC(=O)C(=O)[C@H](CCCCCCCCCCC)C(=O)CCCCCCCCCCCCC)[C@H]1NC(=O)C[C@H](CCCCCCCCCCC)OCc1ccccc1. The summed E-state index contributed by atoms with van der Waals surface area (Å²) < 4.78 is 48.2. The Morgan fingerprint density at radius 1 is 0.602 bits per heavy atom. The largest absolute Gasteiger partial charge is 0.451 e. The Morgan fingerprint density at radius 3 is 1.52 bits per heavy atom. The molecule has 0 aliphatic carbocycles. The molecular weight excluding hydrogens is 1060 g/mol. The Bertz CT molecular complexity index is 2190. The van der Waals surface area contributed by atoms with Gasteiger partial charge in [-0.1, -0.05) is 273 Å². The van der Waals surface area contributed by atoms with Crippen LogP contribution in [-0.4, -0.2) is 78.5 Å². The van der Waals surface area contributed by atoms with Crippen LogP contribution in [0.2, 0.25) is 0 Å². The van der Waals surface area contributed by atoms with E-state index in [0.717, 1.165) is 82.6 Å². The molecular formula is C70H108NO11P. The lowest BCUT2D eigenvalue weighted by molar-refractivity contribution is -0.265. The third kappa shape index (κ3) is 27.7. The number of benzene rings is 3. The minimum atomic E-state index is -4.15. The Hall–Kier alpha value is -4.29. The minimum absolute atomic E-state index is 0.0669. The van der Waals surface area contributed by atoms with Gasteiger partial charge < -0.3 is 33.9 Å². The molecule has 1 heterocycles. The number of Topliss-reactive ketones (excluding diaryl/α,β-unsaturated/α-hetero) is 2. The number of ether oxygens (including phenoxy) is 4. The maximum Gasteiger partial charge on any atom is 0.375 e. The normalized spacial score (nSPS) is 17.9. The summed E-state index contributed by atoms with van der Waals surface area (Å²) >= 11 is 0. The number of unbranched alkanes of at least 4 members (excludes halogenated alkanes) is 26. The molecule has 12 nitrogen and oxygen atoms in total. The minimum Gasteiger partial charge on any atom is -0.451 e. The monoisotopic (exact) mass is 1170 g/mol. The van der Waals surface area contributed by atoms with Crippen molar-refractivity contribution in [2.45, 2.75) is 276 Å². The van der Waals surface area contributed by atoms with Gasteiger partial charge in [0.15, 0.2) is 12.4 Å². The molecule has 0 aromatic heterocycles. The first-order valence-corrected chi connectivity index (χ1v) is 34.3. The van der Waals surface area contributed by atoms with Crippen molar-refractivity contribution in [3.05, 3.63) is 109 Å². The molecule has 3 aromatic rings. The van der Waals surface area contributed by atoms with E-state index in [1.807, 2.05) is 30.3 Å². The molecule has 0 bridgehead atoms. The first-order chi connectivity index (χ1) is 40.6. The fourth-order valence-electron chi connectivity index (χ4n) is 11.2.